The summed E-state index contributed by atoms with van der Waals surface area (Å²) in [5.41, 5.74) is 4.18. The smallest absolute Gasteiger partial charge is 0.271 e. The third-order valence-corrected chi connectivity index (χ3v) is 3.80. The van der Waals surface area contributed by atoms with Crippen molar-refractivity contribution in [2.24, 2.45) is 11.0 Å². The van der Waals surface area contributed by atoms with Gasteiger partial charge in [0.2, 0.25) is 0 Å². The Hall–Kier alpha value is -2.04. The predicted octanol–water partition coefficient (Wildman–Crippen LogP) is 3.00. The van der Waals surface area contributed by atoms with Crippen LogP contribution in [-0.2, 0) is 0 Å². The van der Waals surface area contributed by atoms with Gasteiger partial charge >= 0.3 is 0 Å². The number of hydrogen-bond donors (Lipinski definition) is 1. The molecular formula is C16H22N2O3. The monoisotopic (exact) mass is 290 g/mol. The van der Waals surface area contributed by atoms with Crippen molar-refractivity contribution in [2.75, 3.05) is 14.2 Å². The molecule has 0 bridgehead atoms. The van der Waals surface area contributed by atoms with Crippen LogP contribution in [0.15, 0.2) is 23.3 Å². The van der Waals surface area contributed by atoms with Crippen LogP contribution >= 0.6 is 0 Å². The van der Waals surface area contributed by atoms with Gasteiger partial charge in [0.1, 0.15) is 11.5 Å². The van der Waals surface area contributed by atoms with Crippen molar-refractivity contribution < 1.29 is 14.3 Å². The van der Waals surface area contributed by atoms with Gasteiger partial charge in [0, 0.05) is 17.3 Å². The number of hydrogen-bond acceptors (Lipinski definition) is 4. The van der Waals surface area contributed by atoms with E-state index >= 15 is 0 Å². The first-order valence-corrected chi connectivity index (χ1v) is 7.24. The molecule has 1 aliphatic carbocycles. The van der Waals surface area contributed by atoms with E-state index in [2.05, 4.69) is 17.5 Å². The van der Waals surface area contributed by atoms with Gasteiger partial charge in [0.25, 0.3) is 5.91 Å². The summed E-state index contributed by atoms with van der Waals surface area (Å²) in [4.78, 5) is 12.2. The Morgan fingerprint density at radius 3 is 2.43 bits per heavy atom. The largest absolute Gasteiger partial charge is 0.497 e. The van der Waals surface area contributed by atoms with Gasteiger partial charge in [-0.15, -0.1) is 0 Å². The number of benzene rings is 1. The fourth-order valence-electron chi connectivity index (χ4n) is 2.46. The fourth-order valence-corrected chi connectivity index (χ4v) is 2.46. The standard InChI is InChI=1S/C16H22N2O3/c1-11-6-4-5-7-15(11)17-18-16(19)12-8-13(20-2)10-14(9-12)21-3/h8-11H,4-7H2,1-3H3,(H,18,19)/b17-15-/t11-/m0/s1. The summed E-state index contributed by atoms with van der Waals surface area (Å²) >= 11 is 0. The molecular weight excluding hydrogens is 268 g/mol. The van der Waals surface area contributed by atoms with E-state index in [-0.39, 0.29) is 5.91 Å². The molecule has 1 saturated carbocycles. The Kier molecular flexibility index (Phi) is 5.20. The number of nitrogens with one attached hydrogen (secondary N) is 1. The number of methoxy groups -OCH3 is 2. The van der Waals surface area contributed by atoms with Gasteiger partial charge < -0.3 is 9.47 Å². The van der Waals surface area contributed by atoms with Gasteiger partial charge in [-0.3, -0.25) is 4.79 Å². The minimum absolute atomic E-state index is 0.252. The predicted molar refractivity (Wildman–Crippen MR) is 82.1 cm³/mol. The Morgan fingerprint density at radius 1 is 1.19 bits per heavy atom. The SMILES string of the molecule is COc1cc(OC)cc(C(=O)N/N=C2/CCCC[C@@H]2C)c1. The zero-order chi connectivity index (χ0) is 15.2. The highest BCUT2D eigenvalue weighted by Crippen LogP contribution is 2.23. The highest BCUT2D eigenvalue weighted by atomic mass is 16.5. The quantitative estimate of drug-likeness (QED) is 0.867. The maximum absolute atomic E-state index is 12.2. The van der Waals surface area contributed by atoms with Crippen LogP contribution in [0.25, 0.3) is 0 Å². The van der Waals surface area contributed by atoms with E-state index in [0.29, 0.717) is 23.0 Å². The van der Waals surface area contributed by atoms with Crippen LogP contribution < -0.4 is 14.9 Å². The van der Waals surface area contributed by atoms with Gasteiger partial charge in [-0.2, -0.15) is 5.10 Å². The van der Waals surface area contributed by atoms with Crippen molar-refractivity contribution in [1.82, 2.24) is 5.43 Å². The van der Waals surface area contributed by atoms with Gasteiger partial charge in [-0.25, -0.2) is 5.43 Å². The molecule has 0 radical (unpaired) electrons. The molecule has 5 heteroatoms. The van der Waals surface area contributed by atoms with E-state index in [1.54, 1.807) is 32.4 Å². The third kappa shape index (κ3) is 3.97. The Bertz CT molecular complexity index is 518. The first-order valence-electron chi connectivity index (χ1n) is 7.24. The van der Waals surface area contributed by atoms with Crippen molar-refractivity contribution in [1.29, 1.82) is 0 Å². The lowest BCUT2D eigenvalue weighted by Gasteiger charge is -2.19. The van der Waals surface area contributed by atoms with Gasteiger partial charge in [0.15, 0.2) is 0 Å². The molecule has 1 aliphatic rings. The van der Waals surface area contributed by atoms with Crippen LogP contribution in [0.3, 0.4) is 0 Å². The van der Waals surface area contributed by atoms with Crippen molar-refractivity contribution in [3.8, 4) is 11.5 Å². The molecule has 1 N–H and O–H groups in total. The number of carbonyl (C=O) groups excluding carboxylic acids is 1. The molecule has 1 atom stereocenters. The van der Waals surface area contributed by atoms with E-state index in [1.165, 1.54) is 6.42 Å². The maximum atomic E-state index is 12.2. The molecule has 0 unspecified atom stereocenters. The second-order valence-electron chi connectivity index (χ2n) is 5.29. The van der Waals surface area contributed by atoms with Gasteiger partial charge in [-0.1, -0.05) is 13.3 Å². The summed E-state index contributed by atoms with van der Waals surface area (Å²) < 4.78 is 10.3. The molecule has 0 spiro atoms. The lowest BCUT2D eigenvalue weighted by molar-refractivity contribution is 0.0953. The zero-order valence-electron chi connectivity index (χ0n) is 12.8. The highest BCUT2D eigenvalue weighted by Gasteiger charge is 2.16. The van der Waals surface area contributed by atoms with Crippen molar-refractivity contribution in [3.63, 3.8) is 0 Å². The fraction of sp³-hybridized carbons (Fsp3) is 0.500. The van der Waals surface area contributed by atoms with E-state index < -0.39 is 0 Å². The van der Waals surface area contributed by atoms with Crippen molar-refractivity contribution in [2.45, 2.75) is 32.6 Å². The Labute approximate surface area is 125 Å². The topological polar surface area (TPSA) is 59.9 Å². The summed E-state index contributed by atoms with van der Waals surface area (Å²) in [6.07, 6.45) is 4.48. The third-order valence-electron chi connectivity index (χ3n) is 3.80. The number of nitrogens with zero attached hydrogens (tertiary/aromatic N) is 1. The number of ether oxygens (including phenoxy) is 2. The molecule has 114 valence electrons. The summed E-state index contributed by atoms with van der Waals surface area (Å²) in [6.45, 7) is 2.15. The molecule has 1 amide bonds. The summed E-state index contributed by atoms with van der Waals surface area (Å²) in [5, 5.41) is 4.29. The summed E-state index contributed by atoms with van der Waals surface area (Å²) in [5.74, 6) is 1.35. The van der Waals surface area contributed by atoms with Crippen LogP contribution in [0, 0.1) is 5.92 Å². The maximum Gasteiger partial charge on any atom is 0.271 e. The van der Waals surface area contributed by atoms with E-state index in [9.17, 15) is 4.79 Å². The molecule has 0 heterocycles. The van der Waals surface area contributed by atoms with E-state index in [4.69, 9.17) is 9.47 Å². The molecule has 1 fully saturated rings. The zero-order valence-corrected chi connectivity index (χ0v) is 12.8. The van der Waals surface area contributed by atoms with Gasteiger partial charge in [0.05, 0.1) is 14.2 Å². The van der Waals surface area contributed by atoms with Crippen LogP contribution in [0.1, 0.15) is 43.0 Å². The number of amides is 1. The molecule has 2 rings (SSSR count). The normalized spacial score (nSPS) is 20.1. The molecule has 0 saturated heterocycles. The average Bonchev–Trinajstić information content (AvgIpc) is 2.53. The summed E-state index contributed by atoms with van der Waals surface area (Å²) in [7, 11) is 3.11. The lowest BCUT2D eigenvalue weighted by atomic mass is 9.89. The van der Waals surface area contributed by atoms with Crippen molar-refractivity contribution in [3.05, 3.63) is 23.8 Å². The van der Waals surface area contributed by atoms with Crippen LogP contribution in [-0.4, -0.2) is 25.8 Å². The molecule has 0 aromatic heterocycles. The lowest BCUT2D eigenvalue weighted by Crippen LogP contribution is -2.24. The highest BCUT2D eigenvalue weighted by molar-refractivity contribution is 5.96. The molecule has 1 aromatic rings. The molecule has 21 heavy (non-hydrogen) atoms. The van der Waals surface area contributed by atoms with Crippen molar-refractivity contribution >= 4 is 11.6 Å². The van der Waals surface area contributed by atoms with Gasteiger partial charge in [-0.05, 0) is 37.3 Å². The average molecular weight is 290 g/mol. The Balaban J connectivity index is 2.11. The van der Waals surface area contributed by atoms with E-state index in [0.717, 1.165) is 25.0 Å². The van der Waals surface area contributed by atoms with Crippen LogP contribution in [0.5, 0.6) is 11.5 Å². The second kappa shape index (κ2) is 7.11. The van der Waals surface area contributed by atoms with E-state index in [1.807, 2.05) is 0 Å². The number of rotatable bonds is 4. The minimum atomic E-state index is -0.252. The Morgan fingerprint density at radius 2 is 1.86 bits per heavy atom. The number of carbonyl (C=O) groups is 1. The molecule has 0 aliphatic heterocycles. The first-order chi connectivity index (χ1) is 10.1. The second-order valence-corrected chi connectivity index (χ2v) is 5.29. The van der Waals surface area contributed by atoms with Crippen LogP contribution in [0.4, 0.5) is 0 Å². The summed E-state index contributed by atoms with van der Waals surface area (Å²) in [6, 6.07) is 5.07. The van der Waals surface area contributed by atoms with Crippen LogP contribution in [0.2, 0.25) is 0 Å². The molecule has 1 aromatic carbocycles. The first kappa shape index (κ1) is 15.4. The number of hydrazone groups is 1. The molecule has 5 nitrogen and oxygen atoms in total. The minimum Gasteiger partial charge on any atom is -0.497 e.